The van der Waals surface area contributed by atoms with E-state index in [-0.39, 0.29) is 17.2 Å². The molecule has 1 N–H and O–H groups in total. The topological polar surface area (TPSA) is 65.1 Å². The number of hydrogen-bond acceptors (Lipinski definition) is 4. The van der Waals surface area contributed by atoms with Crippen LogP contribution in [0.15, 0.2) is 55.0 Å². The van der Waals surface area contributed by atoms with E-state index in [1.54, 1.807) is 6.20 Å². The van der Waals surface area contributed by atoms with Gasteiger partial charge in [-0.1, -0.05) is 51.1 Å². The zero-order valence-electron chi connectivity index (χ0n) is 20.2. The summed E-state index contributed by atoms with van der Waals surface area (Å²) in [6.45, 7) is 12.6. The SMILES string of the molecule is CCN1CCN(Cc2cn[nH]c2C(C)(C)C)CC(Cc2ccccc2-c2cccnc2)C1=O. The first-order valence-electron chi connectivity index (χ1n) is 11.9. The largest absolute Gasteiger partial charge is 0.341 e. The zero-order valence-corrected chi connectivity index (χ0v) is 20.2. The molecule has 3 aromatic rings. The van der Waals surface area contributed by atoms with Crippen LogP contribution >= 0.6 is 0 Å². The number of nitrogens with one attached hydrogen (secondary N) is 1. The molecule has 1 fully saturated rings. The molecule has 1 unspecified atom stereocenters. The third-order valence-corrected chi connectivity index (χ3v) is 6.53. The van der Waals surface area contributed by atoms with E-state index in [2.05, 4.69) is 78.1 Å². The molecule has 1 aliphatic rings. The summed E-state index contributed by atoms with van der Waals surface area (Å²) in [6, 6.07) is 12.4. The van der Waals surface area contributed by atoms with Gasteiger partial charge in [-0.3, -0.25) is 19.8 Å². The van der Waals surface area contributed by atoms with Crippen molar-refractivity contribution in [3.63, 3.8) is 0 Å². The van der Waals surface area contributed by atoms with Crippen molar-refractivity contribution in [1.29, 1.82) is 0 Å². The number of benzene rings is 1. The summed E-state index contributed by atoms with van der Waals surface area (Å²) in [5.41, 5.74) is 5.83. The summed E-state index contributed by atoms with van der Waals surface area (Å²) in [5.74, 6) is 0.166. The maximum atomic E-state index is 13.5. The van der Waals surface area contributed by atoms with Gasteiger partial charge in [0.25, 0.3) is 0 Å². The average molecular weight is 446 g/mol. The fourth-order valence-electron chi connectivity index (χ4n) is 4.81. The van der Waals surface area contributed by atoms with Crippen LogP contribution in [0.2, 0.25) is 0 Å². The van der Waals surface area contributed by atoms with E-state index in [9.17, 15) is 4.79 Å². The van der Waals surface area contributed by atoms with Crippen molar-refractivity contribution in [3.05, 3.63) is 71.8 Å². The predicted molar refractivity (Wildman–Crippen MR) is 132 cm³/mol. The lowest BCUT2D eigenvalue weighted by atomic mass is 9.89. The molecule has 1 aliphatic heterocycles. The van der Waals surface area contributed by atoms with Crippen LogP contribution in [0.3, 0.4) is 0 Å². The Morgan fingerprint density at radius 3 is 2.61 bits per heavy atom. The Kier molecular flexibility index (Phi) is 6.94. The minimum absolute atomic E-state index is 0.00498. The molecule has 6 heteroatoms. The highest BCUT2D eigenvalue weighted by atomic mass is 16.2. The van der Waals surface area contributed by atoms with Gasteiger partial charge in [-0.05, 0) is 30.5 Å². The monoisotopic (exact) mass is 445 g/mol. The minimum Gasteiger partial charge on any atom is -0.341 e. The zero-order chi connectivity index (χ0) is 23.4. The minimum atomic E-state index is -0.0877. The second-order valence-electron chi connectivity index (χ2n) is 9.97. The third kappa shape index (κ3) is 5.33. The van der Waals surface area contributed by atoms with Gasteiger partial charge in [0.2, 0.25) is 5.91 Å². The number of aromatic nitrogens is 3. The molecule has 1 saturated heterocycles. The Hall–Kier alpha value is -2.99. The lowest BCUT2D eigenvalue weighted by molar-refractivity contribution is -0.134. The van der Waals surface area contributed by atoms with Gasteiger partial charge in [0.1, 0.15) is 0 Å². The number of carbonyl (C=O) groups excluding carboxylic acids is 1. The highest BCUT2D eigenvalue weighted by molar-refractivity contribution is 5.80. The smallest absolute Gasteiger partial charge is 0.227 e. The molecule has 2 aromatic heterocycles. The number of carbonyl (C=O) groups is 1. The van der Waals surface area contributed by atoms with Gasteiger partial charge < -0.3 is 4.90 Å². The van der Waals surface area contributed by atoms with E-state index in [0.717, 1.165) is 43.9 Å². The first-order chi connectivity index (χ1) is 15.9. The molecule has 3 heterocycles. The van der Waals surface area contributed by atoms with Gasteiger partial charge in [0, 0.05) is 67.4 Å². The summed E-state index contributed by atoms with van der Waals surface area (Å²) in [7, 11) is 0. The lowest BCUT2D eigenvalue weighted by Gasteiger charge is -2.25. The van der Waals surface area contributed by atoms with Crippen molar-refractivity contribution >= 4 is 5.91 Å². The van der Waals surface area contributed by atoms with Crippen LogP contribution in [0.4, 0.5) is 0 Å². The van der Waals surface area contributed by atoms with Crippen LogP contribution in [-0.4, -0.2) is 57.1 Å². The first-order valence-corrected chi connectivity index (χ1v) is 11.9. The third-order valence-electron chi connectivity index (χ3n) is 6.53. The molecule has 4 rings (SSSR count). The van der Waals surface area contributed by atoms with Gasteiger partial charge in [-0.25, -0.2) is 0 Å². The van der Waals surface area contributed by atoms with Crippen molar-refractivity contribution in [2.45, 2.75) is 46.1 Å². The molecule has 0 bridgehead atoms. The van der Waals surface area contributed by atoms with E-state index in [0.29, 0.717) is 6.42 Å². The van der Waals surface area contributed by atoms with E-state index in [1.165, 1.54) is 16.8 Å². The molecule has 1 amide bonds. The van der Waals surface area contributed by atoms with Crippen molar-refractivity contribution in [1.82, 2.24) is 25.0 Å². The Bertz CT molecular complexity index is 1070. The fraction of sp³-hybridized carbons (Fsp3) is 0.444. The van der Waals surface area contributed by atoms with Crippen LogP contribution in [0.25, 0.3) is 11.1 Å². The van der Waals surface area contributed by atoms with Crippen LogP contribution in [0.5, 0.6) is 0 Å². The number of amides is 1. The summed E-state index contributed by atoms with van der Waals surface area (Å²) >= 11 is 0. The second kappa shape index (κ2) is 9.87. The number of aromatic amines is 1. The Morgan fingerprint density at radius 2 is 1.88 bits per heavy atom. The van der Waals surface area contributed by atoms with Gasteiger partial charge in [0.15, 0.2) is 0 Å². The Balaban J connectivity index is 1.59. The second-order valence-corrected chi connectivity index (χ2v) is 9.97. The number of pyridine rings is 1. The molecule has 1 atom stereocenters. The first kappa shape index (κ1) is 23.2. The van der Waals surface area contributed by atoms with E-state index in [4.69, 9.17) is 0 Å². The van der Waals surface area contributed by atoms with Crippen molar-refractivity contribution in [2.75, 3.05) is 26.2 Å². The fourth-order valence-corrected chi connectivity index (χ4v) is 4.81. The highest BCUT2D eigenvalue weighted by Crippen LogP contribution is 2.28. The van der Waals surface area contributed by atoms with Crippen LogP contribution < -0.4 is 0 Å². The van der Waals surface area contributed by atoms with Crippen molar-refractivity contribution in [3.8, 4) is 11.1 Å². The molecule has 0 aliphatic carbocycles. The number of likely N-dealkylation sites (N-methyl/N-ethyl adjacent to an activating group) is 1. The lowest BCUT2D eigenvalue weighted by Crippen LogP contribution is -2.37. The standard InChI is InChI=1S/C27H35N5O/c1-5-32-14-13-31(19-23-17-29-30-25(23)27(2,3)4)18-22(26(32)33)15-20-9-6-7-11-24(20)21-10-8-12-28-16-21/h6-12,16-17,22H,5,13-15,18-19H2,1-4H3,(H,29,30). The summed E-state index contributed by atoms with van der Waals surface area (Å²) < 4.78 is 0. The molecule has 6 nitrogen and oxygen atoms in total. The number of nitrogens with zero attached hydrogens (tertiary/aromatic N) is 4. The van der Waals surface area contributed by atoms with Crippen LogP contribution in [0.1, 0.15) is 44.5 Å². The molecule has 174 valence electrons. The van der Waals surface area contributed by atoms with Crippen molar-refractivity contribution in [2.24, 2.45) is 5.92 Å². The van der Waals surface area contributed by atoms with E-state index >= 15 is 0 Å². The van der Waals surface area contributed by atoms with E-state index in [1.807, 2.05) is 23.4 Å². The number of rotatable bonds is 6. The molecule has 1 aromatic carbocycles. The molecular weight excluding hydrogens is 410 g/mol. The van der Waals surface area contributed by atoms with Gasteiger partial charge in [-0.15, -0.1) is 0 Å². The van der Waals surface area contributed by atoms with Gasteiger partial charge in [0.05, 0.1) is 12.1 Å². The van der Waals surface area contributed by atoms with Crippen LogP contribution in [-0.2, 0) is 23.2 Å². The van der Waals surface area contributed by atoms with E-state index < -0.39 is 0 Å². The molecule has 0 spiro atoms. The maximum Gasteiger partial charge on any atom is 0.227 e. The summed E-state index contributed by atoms with van der Waals surface area (Å²) in [5, 5.41) is 7.52. The molecule has 0 radical (unpaired) electrons. The normalized spacial score (nSPS) is 17.9. The maximum absolute atomic E-state index is 13.5. The predicted octanol–water partition coefficient (Wildman–Crippen LogP) is 4.29. The molecular formula is C27H35N5O. The number of hydrogen-bond donors (Lipinski definition) is 1. The Morgan fingerprint density at radius 1 is 1.06 bits per heavy atom. The van der Waals surface area contributed by atoms with Gasteiger partial charge >= 0.3 is 0 Å². The van der Waals surface area contributed by atoms with Gasteiger partial charge in [-0.2, -0.15) is 5.10 Å². The number of H-pyrrole nitrogens is 1. The highest BCUT2D eigenvalue weighted by Gasteiger charge is 2.31. The summed E-state index contributed by atoms with van der Waals surface area (Å²) in [4.78, 5) is 22.2. The summed E-state index contributed by atoms with van der Waals surface area (Å²) in [6.07, 6.45) is 6.34. The molecule has 0 saturated carbocycles. The molecule has 33 heavy (non-hydrogen) atoms. The average Bonchev–Trinajstić information content (AvgIpc) is 3.23. The quantitative estimate of drug-likeness (QED) is 0.615. The Labute approximate surface area is 197 Å². The van der Waals surface area contributed by atoms with Crippen molar-refractivity contribution < 1.29 is 4.79 Å². The van der Waals surface area contributed by atoms with Crippen LogP contribution in [0, 0.1) is 5.92 Å².